The van der Waals surface area contributed by atoms with Gasteiger partial charge in [0, 0.05) is 6.54 Å². The predicted octanol–water partition coefficient (Wildman–Crippen LogP) is 4.25. The van der Waals surface area contributed by atoms with Gasteiger partial charge in [-0.25, -0.2) is 0 Å². The second-order valence-corrected chi connectivity index (χ2v) is 5.58. The van der Waals surface area contributed by atoms with Gasteiger partial charge in [0.15, 0.2) is 0 Å². The maximum Gasteiger partial charge on any atom is 0.101 e. The minimum atomic E-state index is 0.455. The van der Waals surface area contributed by atoms with Crippen molar-refractivity contribution in [2.24, 2.45) is 5.41 Å². The molecule has 1 fully saturated rings. The Morgan fingerprint density at radius 2 is 2.06 bits per heavy atom. The number of nitrogens with zero attached hydrogens (tertiary/aromatic N) is 1. The molecule has 1 saturated carbocycles. The van der Waals surface area contributed by atoms with Crippen LogP contribution in [0.2, 0.25) is 0 Å². The summed E-state index contributed by atoms with van der Waals surface area (Å²) in [5.74, 6) is 0. The van der Waals surface area contributed by atoms with Gasteiger partial charge in [-0.05, 0) is 49.3 Å². The highest BCUT2D eigenvalue weighted by Gasteiger charge is 2.31. The van der Waals surface area contributed by atoms with Crippen molar-refractivity contribution in [3.63, 3.8) is 0 Å². The molecule has 0 radical (unpaired) electrons. The second kappa shape index (κ2) is 5.44. The Hall–Kier alpha value is -1.49. The van der Waals surface area contributed by atoms with Crippen LogP contribution in [-0.4, -0.2) is 6.54 Å². The first kappa shape index (κ1) is 13.0. The molecule has 0 atom stereocenters. The summed E-state index contributed by atoms with van der Waals surface area (Å²) < 4.78 is 0. The Balaban J connectivity index is 2.10. The van der Waals surface area contributed by atoms with Gasteiger partial charge in [-0.3, -0.25) is 0 Å². The fourth-order valence-electron chi connectivity index (χ4n) is 2.96. The lowest BCUT2D eigenvalue weighted by Gasteiger charge is -2.28. The monoisotopic (exact) mass is 242 g/mol. The summed E-state index contributed by atoms with van der Waals surface area (Å²) in [6.07, 6.45) is 6.59. The molecule has 0 bridgehead atoms. The smallest absolute Gasteiger partial charge is 0.101 e. The van der Waals surface area contributed by atoms with Gasteiger partial charge in [-0.15, -0.1) is 0 Å². The molecule has 0 heterocycles. The van der Waals surface area contributed by atoms with E-state index < -0.39 is 0 Å². The molecule has 0 aliphatic heterocycles. The van der Waals surface area contributed by atoms with E-state index in [1.165, 1.54) is 37.7 Å². The van der Waals surface area contributed by atoms with Gasteiger partial charge < -0.3 is 5.32 Å². The number of rotatable bonds is 4. The van der Waals surface area contributed by atoms with E-state index in [1.807, 2.05) is 12.1 Å². The van der Waals surface area contributed by atoms with E-state index in [0.29, 0.717) is 5.41 Å². The first-order chi connectivity index (χ1) is 8.69. The normalized spacial score (nSPS) is 17.4. The van der Waals surface area contributed by atoms with Crippen LogP contribution in [0.4, 0.5) is 5.69 Å². The number of anilines is 1. The van der Waals surface area contributed by atoms with Crippen molar-refractivity contribution in [1.29, 1.82) is 5.26 Å². The van der Waals surface area contributed by atoms with E-state index in [9.17, 15) is 0 Å². The van der Waals surface area contributed by atoms with E-state index in [-0.39, 0.29) is 0 Å². The van der Waals surface area contributed by atoms with E-state index in [0.717, 1.165) is 17.8 Å². The van der Waals surface area contributed by atoms with Crippen molar-refractivity contribution in [3.05, 3.63) is 29.3 Å². The van der Waals surface area contributed by atoms with Crippen LogP contribution < -0.4 is 5.32 Å². The highest BCUT2D eigenvalue weighted by molar-refractivity contribution is 5.58. The summed E-state index contributed by atoms with van der Waals surface area (Å²) in [5.41, 5.74) is 3.41. The lowest BCUT2D eigenvalue weighted by atomic mass is 9.83. The van der Waals surface area contributed by atoms with Gasteiger partial charge in [-0.2, -0.15) is 5.26 Å². The zero-order valence-corrected chi connectivity index (χ0v) is 11.4. The molecule has 2 rings (SSSR count). The molecular formula is C16H22N2. The number of nitriles is 1. The lowest BCUT2D eigenvalue weighted by molar-refractivity contribution is 0.307. The van der Waals surface area contributed by atoms with Crippen molar-refractivity contribution in [2.45, 2.75) is 46.0 Å². The van der Waals surface area contributed by atoms with Crippen LogP contribution in [0.1, 0.15) is 50.2 Å². The molecule has 1 aromatic rings. The van der Waals surface area contributed by atoms with Crippen LogP contribution in [0.3, 0.4) is 0 Å². The first-order valence-electron chi connectivity index (χ1n) is 6.94. The van der Waals surface area contributed by atoms with Gasteiger partial charge in [-0.1, -0.05) is 25.8 Å². The number of aryl methyl sites for hydroxylation is 1. The van der Waals surface area contributed by atoms with Crippen molar-refractivity contribution in [1.82, 2.24) is 0 Å². The van der Waals surface area contributed by atoms with Gasteiger partial charge in [0.2, 0.25) is 0 Å². The number of benzene rings is 1. The highest BCUT2D eigenvalue weighted by atomic mass is 14.9. The van der Waals surface area contributed by atoms with Crippen molar-refractivity contribution < 1.29 is 0 Å². The lowest BCUT2D eigenvalue weighted by Crippen LogP contribution is -2.26. The molecule has 1 aromatic carbocycles. The Bertz CT molecular complexity index is 451. The van der Waals surface area contributed by atoms with E-state index in [1.54, 1.807) is 0 Å². The standard InChI is InChI=1S/C16H22N2/c1-3-16(8-4-5-9-16)12-18-15-10-13(2)6-7-14(15)11-17/h6-7,10,18H,3-5,8-9,12H2,1-2H3. The highest BCUT2D eigenvalue weighted by Crippen LogP contribution is 2.41. The molecule has 0 aromatic heterocycles. The summed E-state index contributed by atoms with van der Waals surface area (Å²) in [6.45, 7) is 5.35. The Labute approximate surface area is 110 Å². The molecule has 18 heavy (non-hydrogen) atoms. The van der Waals surface area contributed by atoms with Gasteiger partial charge in [0.1, 0.15) is 6.07 Å². The average molecular weight is 242 g/mol. The number of hydrogen-bond acceptors (Lipinski definition) is 2. The summed E-state index contributed by atoms with van der Waals surface area (Å²) in [4.78, 5) is 0. The minimum Gasteiger partial charge on any atom is -0.383 e. The van der Waals surface area contributed by atoms with Crippen LogP contribution in [0, 0.1) is 23.7 Å². The largest absolute Gasteiger partial charge is 0.383 e. The van der Waals surface area contributed by atoms with Gasteiger partial charge >= 0.3 is 0 Å². The second-order valence-electron chi connectivity index (χ2n) is 5.58. The maximum absolute atomic E-state index is 9.13. The fourth-order valence-corrected chi connectivity index (χ4v) is 2.96. The zero-order valence-electron chi connectivity index (χ0n) is 11.4. The van der Waals surface area contributed by atoms with Crippen molar-refractivity contribution in [3.8, 4) is 6.07 Å². The third kappa shape index (κ3) is 2.67. The molecule has 2 heteroatoms. The molecule has 1 aliphatic carbocycles. The zero-order chi connectivity index (χ0) is 13.0. The van der Waals surface area contributed by atoms with E-state index in [2.05, 4.69) is 31.3 Å². The Kier molecular flexibility index (Phi) is 3.91. The average Bonchev–Trinajstić information content (AvgIpc) is 2.86. The summed E-state index contributed by atoms with van der Waals surface area (Å²) in [5, 5.41) is 12.6. The molecule has 0 unspecified atom stereocenters. The minimum absolute atomic E-state index is 0.455. The summed E-state index contributed by atoms with van der Waals surface area (Å²) >= 11 is 0. The van der Waals surface area contributed by atoms with E-state index >= 15 is 0 Å². The van der Waals surface area contributed by atoms with Gasteiger partial charge in [0.25, 0.3) is 0 Å². The van der Waals surface area contributed by atoms with Crippen LogP contribution in [0.5, 0.6) is 0 Å². The molecule has 2 nitrogen and oxygen atoms in total. The summed E-state index contributed by atoms with van der Waals surface area (Å²) in [7, 11) is 0. The topological polar surface area (TPSA) is 35.8 Å². The molecule has 0 saturated heterocycles. The fraction of sp³-hybridized carbons (Fsp3) is 0.562. The summed E-state index contributed by atoms with van der Waals surface area (Å²) in [6, 6.07) is 8.25. The number of hydrogen-bond donors (Lipinski definition) is 1. The van der Waals surface area contributed by atoms with Crippen LogP contribution >= 0.6 is 0 Å². The molecule has 96 valence electrons. The maximum atomic E-state index is 9.13. The van der Waals surface area contributed by atoms with Crippen LogP contribution in [-0.2, 0) is 0 Å². The van der Waals surface area contributed by atoms with Gasteiger partial charge in [0.05, 0.1) is 11.3 Å². The van der Waals surface area contributed by atoms with Crippen LogP contribution in [0.25, 0.3) is 0 Å². The SMILES string of the molecule is CCC1(CNc2cc(C)ccc2C#N)CCCC1. The Morgan fingerprint density at radius 1 is 1.33 bits per heavy atom. The molecule has 1 aliphatic rings. The van der Waals surface area contributed by atoms with Crippen molar-refractivity contribution >= 4 is 5.69 Å². The molecule has 0 spiro atoms. The number of nitrogens with one attached hydrogen (secondary N) is 1. The molecular weight excluding hydrogens is 220 g/mol. The Morgan fingerprint density at radius 3 is 2.67 bits per heavy atom. The molecule has 1 N–H and O–H groups in total. The molecule has 0 amide bonds. The first-order valence-corrected chi connectivity index (χ1v) is 6.94. The van der Waals surface area contributed by atoms with Crippen LogP contribution in [0.15, 0.2) is 18.2 Å². The van der Waals surface area contributed by atoms with Crippen molar-refractivity contribution in [2.75, 3.05) is 11.9 Å². The van der Waals surface area contributed by atoms with E-state index in [4.69, 9.17) is 5.26 Å². The predicted molar refractivity (Wildman–Crippen MR) is 75.6 cm³/mol. The third-order valence-electron chi connectivity index (χ3n) is 4.36. The quantitative estimate of drug-likeness (QED) is 0.856. The third-order valence-corrected chi connectivity index (χ3v) is 4.36.